The van der Waals surface area contributed by atoms with Gasteiger partial charge in [-0.1, -0.05) is 5.16 Å². The van der Waals surface area contributed by atoms with Crippen LogP contribution in [0.25, 0.3) is 0 Å². The lowest BCUT2D eigenvalue weighted by Crippen LogP contribution is -2.36. The van der Waals surface area contributed by atoms with Gasteiger partial charge in [-0.15, -0.1) is 0 Å². The number of hydrogen-bond acceptors (Lipinski definition) is 5. The topological polar surface area (TPSA) is 80.9 Å². The van der Waals surface area contributed by atoms with Crippen molar-refractivity contribution in [3.63, 3.8) is 0 Å². The lowest BCUT2D eigenvalue weighted by molar-refractivity contribution is -0.0172. The zero-order valence-electron chi connectivity index (χ0n) is 14.5. The third-order valence-corrected chi connectivity index (χ3v) is 4.04. The van der Waals surface area contributed by atoms with E-state index in [1.54, 1.807) is 7.05 Å². The molecule has 1 aromatic carbocycles. The highest BCUT2D eigenvalue weighted by molar-refractivity contribution is 5.79. The highest BCUT2D eigenvalue weighted by Gasteiger charge is 2.17. The Hall–Kier alpha value is -2.61. The molecule has 2 aromatic rings. The van der Waals surface area contributed by atoms with E-state index in [0.29, 0.717) is 37.0 Å². The number of aliphatic imine (C=N–C) groups is 1. The van der Waals surface area contributed by atoms with Gasteiger partial charge < -0.3 is 24.6 Å². The van der Waals surface area contributed by atoms with Crippen LogP contribution in [0.4, 0.5) is 4.39 Å². The fourth-order valence-corrected chi connectivity index (χ4v) is 2.71. The average molecular weight is 348 g/mol. The molecule has 0 atom stereocenters. The predicted octanol–water partition coefficient (Wildman–Crippen LogP) is 2.16. The van der Waals surface area contributed by atoms with Gasteiger partial charge >= 0.3 is 0 Å². The highest BCUT2D eigenvalue weighted by Crippen LogP contribution is 2.29. The zero-order chi connectivity index (χ0) is 17.8. The fourth-order valence-electron chi connectivity index (χ4n) is 2.71. The van der Waals surface area contributed by atoms with Gasteiger partial charge in [-0.25, -0.2) is 4.39 Å². The molecule has 2 heterocycles. The number of rotatable bonds is 4. The first-order valence-electron chi connectivity index (χ1n) is 7.96. The molecule has 7 nitrogen and oxygen atoms in total. The summed E-state index contributed by atoms with van der Waals surface area (Å²) in [6, 6.07) is 2.89. The summed E-state index contributed by atoms with van der Waals surface area (Å²) in [4.78, 5) is 4.18. The summed E-state index contributed by atoms with van der Waals surface area (Å²) < 4.78 is 29.6. The first-order valence-corrected chi connectivity index (χ1v) is 7.96. The van der Waals surface area contributed by atoms with Gasteiger partial charge in [0.1, 0.15) is 17.3 Å². The van der Waals surface area contributed by atoms with Crippen molar-refractivity contribution in [2.24, 2.45) is 4.99 Å². The van der Waals surface area contributed by atoms with Crippen molar-refractivity contribution in [1.29, 1.82) is 0 Å². The van der Waals surface area contributed by atoms with Crippen LogP contribution in [-0.4, -0.2) is 25.0 Å². The van der Waals surface area contributed by atoms with Crippen LogP contribution in [-0.2, 0) is 24.4 Å². The van der Waals surface area contributed by atoms with E-state index in [9.17, 15) is 4.39 Å². The van der Waals surface area contributed by atoms with Gasteiger partial charge in [0.25, 0.3) is 0 Å². The normalized spacial score (nSPS) is 14.0. The van der Waals surface area contributed by atoms with Crippen molar-refractivity contribution in [3.05, 3.63) is 46.1 Å². The SMILES string of the molecule is CN=C(NCc1cc(F)cc2c1OCOC2)NCc1c(C)noc1C. The molecule has 1 aliphatic heterocycles. The van der Waals surface area contributed by atoms with E-state index in [0.717, 1.165) is 22.6 Å². The van der Waals surface area contributed by atoms with Crippen LogP contribution in [0.5, 0.6) is 5.75 Å². The minimum Gasteiger partial charge on any atom is -0.467 e. The summed E-state index contributed by atoms with van der Waals surface area (Å²) >= 11 is 0. The van der Waals surface area contributed by atoms with E-state index < -0.39 is 0 Å². The van der Waals surface area contributed by atoms with E-state index in [2.05, 4.69) is 20.8 Å². The molecule has 134 valence electrons. The second-order valence-corrected chi connectivity index (χ2v) is 5.75. The van der Waals surface area contributed by atoms with Crippen LogP contribution in [0.3, 0.4) is 0 Å². The minimum absolute atomic E-state index is 0.171. The number of fused-ring (bicyclic) bond motifs is 1. The van der Waals surface area contributed by atoms with Gasteiger partial charge in [0.05, 0.1) is 12.3 Å². The molecule has 0 aliphatic carbocycles. The second kappa shape index (κ2) is 7.52. The van der Waals surface area contributed by atoms with Crippen LogP contribution in [0.15, 0.2) is 21.6 Å². The molecule has 0 saturated carbocycles. The largest absolute Gasteiger partial charge is 0.467 e. The number of aromatic nitrogens is 1. The molecule has 2 N–H and O–H groups in total. The molecule has 3 rings (SSSR count). The number of benzene rings is 1. The molecule has 0 radical (unpaired) electrons. The number of halogens is 1. The molecule has 0 unspecified atom stereocenters. The Morgan fingerprint density at radius 3 is 2.80 bits per heavy atom. The van der Waals surface area contributed by atoms with Crippen LogP contribution >= 0.6 is 0 Å². The van der Waals surface area contributed by atoms with Crippen molar-refractivity contribution >= 4 is 5.96 Å². The standard InChI is InChI=1S/C17H21FN4O3/c1-10-15(11(2)25-22-10)7-21-17(19-3)20-6-12-4-14(18)5-13-8-23-9-24-16(12)13/h4-5H,6-9H2,1-3H3,(H2,19,20,21). The molecule has 0 saturated heterocycles. The van der Waals surface area contributed by atoms with Gasteiger partial charge in [-0.2, -0.15) is 0 Å². The van der Waals surface area contributed by atoms with E-state index >= 15 is 0 Å². The summed E-state index contributed by atoms with van der Waals surface area (Å²) in [7, 11) is 1.67. The van der Waals surface area contributed by atoms with Crippen molar-refractivity contribution in [1.82, 2.24) is 15.8 Å². The van der Waals surface area contributed by atoms with Gasteiger partial charge in [0.15, 0.2) is 12.8 Å². The van der Waals surface area contributed by atoms with Crippen LogP contribution in [0, 0.1) is 19.7 Å². The molecule has 0 spiro atoms. The smallest absolute Gasteiger partial charge is 0.191 e. The van der Waals surface area contributed by atoms with E-state index in [1.165, 1.54) is 12.1 Å². The number of guanidine groups is 1. The average Bonchev–Trinajstić information content (AvgIpc) is 2.93. The number of nitrogens with zero attached hydrogens (tertiary/aromatic N) is 2. The summed E-state index contributed by atoms with van der Waals surface area (Å²) in [5, 5.41) is 10.3. The molecule has 0 fully saturated rings. The molecular weight excluding hydrogens is 327 g/mol. The maximum Gasteiger partial charge on any atom is 0.191 e. The third kappa shape index (κ3) is 3.90. The Bertz CT molecular complexity index is 769. The molecule has 0 amide bonds. The summed E-state index contributed by atoms with van der Waals surface area (Å²) in [6.07, 6.45) is 0. The number of nitrogens with one attached hydrogen (secondary N) is 2. The number of aryl methyl sites for hydroxylation is 2. The Morgan fingerprint density at radius 1 is 1.28 bits per heavy atom. The molecule has 25 heavy (non-hydrogen) atoms. The maximum absolute atomic E-state index is 13.8. The van der Waals surface area contributed by atoms with Crippen molar-refractivity contribution in [2.75, 3.05) is 13.8 Å². The molecule has 1 aliphatic rings. The first-order chi connectivity index (χ1) is 12.1. The van der Waals surface area contributed by atoms with E-state index in [4.69, 9.17) is 14.0 Å². The Balaban J connectivity index is 1.65. The Kier molecular flexibility index (Phi) is 5.18. The highest BCUT2D eigenvalue weighted by atomic mass is 19.1. The fraction of sp³-hybridized carbons (Fsp3) is 0.412. The minimum atomic E-state index is -0.316. The van der Waals surface area contributed by atoms with Crippen molar-refractivity contribution in [2.45, 2.75) is 33.5 Å². The van der Waals surface area contributed by atoms with E-state index in [1.807, 2.05) is 13.8 Å². The first kappa shape index (κ1) is 17.2. The monoisotopic (exact) mass is 348 g/mol. The number of ether oxygens (including phenoxy) is 2. The van der Waals surface area contributed by atoms with Crippen molar-refractivity contribution < 1.29 is 18.4 Å². The molecule has 1 aromatic heterocycles. The quantitative estimate of drug-likeness (QED) is 0.651. The van der Waals surface area contributed by atoms with Crippen LogP contribution < -0.4 is 15.4 Å². The molecular formula is C17H21FN4O3. The zero-order valence-corrected chi connectivity index (χ0v) is 14.5. The van der Waals surface area contributed by atoms with Gasteiger partial charge in [-0.05, 0) is 26.0 Å². The van der Waals surface area contributed by atoms with Gasteiger partial charge in [-0.3, -0.25) is 4.99 Å². The number of hydrogen-bond donors (Lipinski definition) is 2. The summed E-state index contributed by atoms with van der Waals surface area (Å²) in [5.41, 5.74) is 3.26. The van der Waals surface area contributed by atoms with E-state index in [-0.39, 0.29) is 12.6 Å². The lowest BCUT2D eigenvalue weighted by atomic mass is 10.1. The van der Waals surface area contributed by atoms with Crippen LogP contribution in [0.1, 0.15) is 28.1 Å². The third-order valence-electron chi connectivity index (χ3n) is 4.04. The van der Waals surface area contributed by atoms with Gasteiger partial charge in [0.2, 0.25) is 0 Å². The maximum atomic E-state index is 13.8. The summed E-state index contributed by atoms with van der Waals surface area (Å²) in [6.45, 7) is 5.19. The second-order valence-electron chi connectivity index (χ2n) is 5.75. The van der Waals surface area contributed by atoms with Crippen molar-refractivity contribution in [3.8, 4) is 5.75 Å². The Morgan fingerprint density at radius 2 is 2.08 bits per heavy atom. The predicted molar refractivity (Wildman–Crippen MR) is 89.7 cm³/mol. The molecule has 8 heteroatoms. The lowest BCUT2D eigenvalue weighted by Gasteiger charge is -2.21. The Labute approximate surface area is 145 Å². The molecule has 0 bridgehead atoms. The summed E-state index contributed by atoms with van der Waals surface area (Å²) in [5.74, 6) is 1.71. The van der Waals surface area contributed by atoms with Gasteiger partial charge in [0, 0.05) is 36.8 Å². The van der Waals surface area contributed by atoms with Crippen LogP contribution in [0.2, 0.25) is 0 Å².